The topological polar surface area (TPSA) is 43.1 Å². The molecule has 0 N–H and O–H groups in total. The molecule has 4 heteroatoms. The van der Waals surface area contributed by atoms with Gasteiger partial charge in [0.25, 0.3) is 0 Å². The Balaban J connectivity index is 0.00000120. The summed E-state index contributed by atoms with van der Waals surface area (Å²) in [6, 6.07) is 17.4. The number of hydrogen-bond acceptors (Lipinski definition) is 3. The second-order valence-corrected chi connectivity index (χ2v) is 3.60. The van der Waals surface area contributed by atoms with Gasteiger partial charge in [0.05, 0.1) is 10.9 Å². The molecule has 0 aliphatic carbocycles. The van der Waals surface area contributed by atoms with Gasteiger partial charge < -0.3 is 4.42 Å². The Kier molecular flexibility index (Phi) is 3.70. The standard InChI is InChI=1S/C14H8NO2.Ir/c16-14-11-8-4-5-9-12(11)15-13(17-14)10-6-2-1-3-7-10;/h1-6,8-9H;/q-1;. The van der Waals surface area contributed by atoms with E-state index in [1.807, 2.05) is 18.2 Å². The van der Waals surface area contributed by atoms with Crippen LogP contribution in [0.1, 0.15) is 0 Å². The third-order valence-electron chi connectivity index (χ3n) is 2.47. The van der Waals surface area contributed by atoms with Gasteiger partial charge in [0.15, 0.2) is 0 Å². The molecule has 18 heavy (non-hydrogen) atoms. The minimum atomic E-state index is -0.372. The predicted octanol–water partition coefficient (Wildman–Crippen LogP) is 2.65. The van der Waals surface area contributed by atoms with Gasteiger partial charge in [0.2, 0.25) is 0 Å². The minimum Gasteiger partial charge on any atom is -0.452 e. The van der Waals surface area contributed by atoms with Crippen LogP contribution in [-0.4, -0.2) is 4.98 Å². The van der Waals surface area contributed by atoms with Crippen LogP contribution >= 0.6 is 0 Å². The fourth-order valence-electron chi connectivity index (χ4n) is 1.66. The summed E-state index contributed by atoms with van der Waals surface area (Å²) >= 11 is 0. The van der Waals surface area contributed by atoms with Crippen LogP contribution in [0, 0.1) is 6.07 Å². The molecule has 3 aromatic rings. The summed E-state index contributed by atoms with van der Waals surface area (Å²) < 4.78 is 5.18. The molecule has 91 valence electrons. The molecule has 3 rings (SSSR count). The van der Waals surface area contributed by atoms with Gasteiger partial charge in [0.1, 0.15) is 5.89 Å². The van der Waals surface area contributed by atoms with Crippen LogP contribution in [0.2, 0.25) is 0 Å². The SMILES string of the molecule is O=c1oc(-c2[c-]cccc2)nc2ccccc12.[Ir]. The molecule has 0 saturated heterocycles. The zero-order chi connectivity index (χ0) is 11.7. The van der Waals surface area contributed by atoms with E-state index in [4.69, 9.17) is 4.42 Å². The Morgan fingerprint density at radius 1 is 1.06 bits per heavy atom. The number of para-hydroxylation sites is 1. The van der Waals surface area contributed by atoms with E-state index in [-0.39, 0.29) is 25.7 Å². The van der Waals surface area contributed by atoms with E-state index < -0.39 is 0 Å². The van der Waals surface area contributed by atoms with Crippen molar-refractivity contribution in [1.29, 1.82) is 0 Å². The van der Waals surface area contributed by atoms with Crippen molar-refractivity contribution in [3.8, 4) is 11.5 Å². The molecule has 0 saturated carbocycles. The smallest absolute Gasteiger partial charge is 0.338 e. The van der Waals surface area contributed by atoms with Crippen LogP contribution < -0.4 is 5.63 Å². The Morgan fingerprint density at radius 3 is 2.61 bits per heavy atom. The molecule has 1 heterocycles. The van der Waals surface area contributed by atoms with Crippen molar-refractivity contribution in [1.82, 2.24) is 4.98 Å². The van der Waals surface area contributed by atoms with Crippen LogP contribution in [-0.2, 0) is 20.1 Å². The quantitative estimate of drug-likeness (QED) is 0.575. The van der Waals surface area contributed by atoms with Crippen molar-refractivity contribution in [3.63, 3.8) is 0 Å². The molecule has 0 aliphatic heterocycles. The number of benzene rings is 2. The first-order chi connectivity index (χ1) is 8.34. The van der Waals surface area contributed by atoms with E-state index in [0.717, 1.165) is 0 Å². The van der Waals surface area contributed by atoms with Gasteiger partial charge in [-0.1, -0.05) is 17.7 Å². The van der Waals surface area contributed by atoms with E-state index >= 15 is 0 Å². The summed E-state index contributed by atoms with van der Waals surface area (Å²) in [6.45, 7) is 0. The molecule has 0 fully saturated rings. The summed E-state index contributed by atoms with van der Waals surface area (Å²) in [5.41, 5.74) is 0.939. The third-order valence-corrected chi connectivity index (χ3v) is 2.47. The summed E-state index contributed by atoms with van der Waals surface area (Å²) in [5, 5.41) is 0.493. The number of nitrogens with zero attached hydrogens (tertiary/aromatic N) is 1. The van der Waals surface area contributed by atoms with Crippen LogP contribution in [0.25, 0.3) is 22.4 Å². The van der Waals surface area contributed by atoms with E-state index in [0.29, 0.717) is 22.4 Å². The number of hydrogen-bond donors (Lipinski definition) is 0. The van der Waals surface area contributed by atoms with Gasteiger partial charge in [-0.2, -0.15) is 0 Å². The van der Waals surface area contributed by atoms with Crippen LogP contribution in [0.3, 0.4) is 0 Å². The molecule has 0 aliphatic rings. The Bertz CT molecular complexity index is 722. The Hall–Kier alpha value is -1.77. The first-order valence-corrected chi connectivity index (χ1v) is 5.21. The monoisotopic (exact) mass is 415 g/mol. The molecule has 0 bridgehead atoms. The van der Waals surface area contributed by atoms with Crippen molar-refractivity contribution in [2.45, 2.75) is 0 Å². The van der Waals surface area contributed by atoms with E-state index in [9.17, 15) is 4.79 Å². The van der Waals surface area contributed by atoms with Crippen LogP contribution in [0.15, 0.2) is 57.7 Å². The Labute approximate surface area is 117 Å². The molecule has 0 amide bonds. The van der Waals surface area contributed by atoms with Gasteiger partial charge >= 0.3 is 5.63 Å². The first-order valence-electron chi connectivity index (χ1n) is 5.21. The minimum absolute atomic E-state index is 0. The summed E-state index contributed by atoms with van der Waals surface area (Å²) in [6.07, 6.45) is 0. The number of rotatable bonds is 1. The number of aromatic nitrogens is 1. The maximum Gasteiger partial charge on any atom is 0.338 e. The molecule has 0 atom stereocenters. The average molecular weight is 414 g/mol. The van der Waals surface area contributed by atoms with Crippen molar-refractivity contribution in [2.24, 2.45) is 0 Å². The van der Waals surface area contributed by atoms with Gasteiger partial charge in [-0.25, -0.2) is 4.79 Å². The molecular formula is C14H8IrNO2-. The molecule has 0 spiro atoms. The molecule has 1 aromatic heterocycles. The summed E-state index contributed by atoms with van der Waals surface area (Å²) in [7, 11) is 0. The van der Waals surface area contributed by atoms with Gasteiger partial charge in [0, 0.05) is 20.1 Å². The van der Waals surface area contributed by atoms with Crippen LogP contribution in [0.5, 0.6) is 0 Å². The van der Waals surface area contributed by atoms with Crippen molar-refractivity contribution in [3.05, 3.63) is 65.0 Å². The normalized spacial score (nSPS) is 10.0. The molecule has 3 nitrogen and oxygen atoms in total. The summed E-state index contributed by atoms with van der Waals surface area (Å²) in [5.74, 6) is 0.300. The molecule has 0 unspecified atom stereocenters. The van der Waals surface area contributed by atoms with Gasteiger partial charge in [-0.3, -0.25) is 4.98 Å². The van der Waals surface area contributed by atoms with Crippen molar-refractivity contribution >= 4 is 10.9 Å². The largest absolute Gasteiger partial charge is 0.452 e. The van der Waals surface area contributed by atoms with Crippen molar-refractivity contribution < 1.29 is 24.5 Å². The van der Waals surface area contributed by atoms with E-state index in [1.54, 1.807) is 30.3 Å². The van der Waals surface area contributed by atoms with E-state index in [2.05, 4.69) is 11.1 Å². The first kappa shape index (κ1) is 12.7. The molecule has 2 aromatic carbocycles. The zero-order valence-electron chi connectivity index (χ0n) is 9.22. The van der Waals surface area contributed by atoms with Crippen molar-refractivity contribution in [2.75, 3.05) is 0 Å². The fourth-order valence-corrected chi connectivity index (χ4v) is 1.66. The van der Waals surface area contributed by atoms with Gasteiger partial charge in [-0.05, 0) is 12.1 Å². The second-order valence-electron chi connectivity index (χ2n) is 3.60. The van der Waals surface area contributed by atoms with Crippen LogP contribution in [0.4, 0.5) is 0 Å². The predicted molar refractivity (Wildman–Crippen MR) is 64.6 cm³/mol. The molecular weight excluding hydrogens is 406 g/mol. The summed E-state index contributed by atoms with van der Waals surface area (Å²) in [4.78, 5) is 16.1. The average Bonchev–Trinajstić information content (AvgIpc) is 2.40. The Morgan fingerprint density at radius 2 is 1.83 bits per heavy atom. The number of fused-ring (bicyclic) bond motifs is 1. The zero-order valence-corrected chi connectivity index (χ0v) is 11.6. The maximum atomic E-state index is 11.8. The second kappa shape index (κ2) is 5.25. The van der Waals surface area contributed by atoms with Gasteiger partial charge in [-0.15, -0.1) is 30.3 Å². The third kappa shape index (κ3) is 2.26. The molecule has 1 radical (unpaired) electrons. The van der Waals surface area contributed by atoms with E-state index in [1.165, 1.54) is 0 Å². The maximum absolute atomic E-state index is 11.8. The fraction of sp³-hybridized carbons (Fsp3) is 0.